The van der Waals surface area contributed by atoms with Crippen molar-refractivity contribution in [2.24, 2.45) is 29.6 Å². The lowest BCUT2D eigenvalue weighted by Crippen LogP contribution is -2.45. The molecule has 0 aromatic carbocycles. The molecule has 1 aromatic heterocycles. The Labute approximate surface area is 114 Å². The minimum Gasteiger partial charge on any atom is -0.362 e. The molecule has 19 heavy (non-hydrogen) atoms. The quantitative estimate of drug-likeness (QED) is 0.794. The molecule has 4 aliphatic carbocycles. The average Bonchev–Trinajstić information content (AvgIpc) is 2.89. The van der Waals surface area contributed by atoms with Gasteiger partial charge in [0.05, 0.1) is 6.07 Å². The molecule has 0 atom stereocenters. The van der Waals surface area contributed by atoms with Gasteiger partial charge >= 0.3 is 0 Å². The van der Waals surface area contributed by atoms with Crippen LogP contribution in [0.5, 0.6) is 0 Å². The summed E-state index contributed by atoms with van der Waals surface area (Å²) >= 11 is 0. The van der Waals surface area contributed by atoms with Gasteiger partial charge in [-0.1, -0.05) is 0 Å². The number of nitrogens with zero attached hydrogens (tertiary/aromatic N) is 1. The molecule has 0 unspecified atom stereocenters. The number of allylic oxidation sites excluding steroid dienone is 1. The number of hydrogen-bond acceptors (Lipinski definition) is 1. The van der Waals surface area contributed by atoms with Crippen molar-refractivity contribution >= 4 is 6.08 Å². The Hall–Kier alpha value is -1.49. The van der Waals surface area contributed by atoms with Gasteiger partial charge in [-0.2, -0.15) is 5.26 Å². The maximum absolute atomic E-state index is 9.58. The van der Waals surface area contributed by atoms with Crippen molar-refractivity contribution in [3.05, 3.63) is 29.6 Å². The molecule has 4 aliphatic rings. The fourth-order valence-electron chi connectivity index (χ4n) is 5.24. The van der Waals surface area contributed by atoms with Crippen molar-refractivity contribution in [1.82, 2.24) is 4.98 Å². The molecule has 0 saturated heterocycles. The average molecular weight is 252 g/mol. The fourth-order valence-corrected chi connectivity index (χ4v) is 5.24. The fraction of sp³-hybridized carbons (Fsp3) is 0.588. The molecule has 2 nitrogen and oxygen atoms in total. The van der Waals surface area contributed by atoms with E-state index >= 15 is 0 Å². The zero-order valence-corrected chi connectivity index (χ0v) is 11.2. The lowest BCUT2D eigenvalue weighted by molar-refractivity contribution is -0.0187. The van der Waals surface area contributed by atoms with Gasteiger partial charge in [0.1, 0.15) is 0 Å². The molecular weight excluding hydrogens is 232 g/mol. The molecule has 1 aromatic rings. The number of aromatic amines is 1. The van der Waals surface area contributed by atoms with E-state index in [9.17, 15) is 5.26 Å². The van der Waals surface area contributed by atoms with Gasteiger partial charge < -0.3 is 4.98 Å². The molecule has 5 rings (SSSR count). The molecule has 0 amide bonds. The molecule has 1 N–H and O–H groups in total. The highest BCUT2D eigenvalue weighted by Gasteiger charge is 2.49. The van der Waals surface area contributed by atoms with Crippen LogP contribution in [0, 0.1) is 40.9 Å². The lowest BCUT2D eigenvalue weighted by Gasteiger charge is -2.54. The van der Waals surface area contributed by atoms with Crippen LogP contribution in [0.1, 0.15) is 37.8 Å². The van der Waals surface area contributed by atoms with Gasteiger partial charge in [-0.25, -0.2) is 0 Å². The molecule has 4 bridgehead atoms. The monoisotopic (exact) mass is 252 g/mol. The van der Waals surface area contributed by atoms with Crippen LogP contribution in [0.15, 0.2) is 23.9 Å². The zero-order valence-electron chi connectivity index (χ0n) is 11.2. The van der Waals surface area contributed by atoms with E-state index in [2.05, 4.69) is 17.1 Å². The van der Waals surface area contributed by atoms with Crippen LogP contribution in [0.3, 0.4) is 0 Å². The third-order valence-electron chi connectivity index (χ3n) is 5.65. The number of hydrogen-bond donors (Lipinski definition) is 1. The molecular formula is C17H20N2. The van der Waals surface area contributed by atoms with E-state index in [0.29, 0.717) is 5.92 Å². The molecule has 0 aliphatic heterocycles. The second-order valence-electron chi connectivity index (χ2n) is 6.79. The molecule has 98 valence electrons. The van der Waals surface area contributed by atoms with E-state index in [1.54, 1.807) is 0 Å². The van der Waals surface area contributed by atoms with E-state index in [-0.39, 0.29) is 0 Å². The maximum atomic E-state index is 9.58. The summed E-state index contributed by atoms with van der Waals surface area (Å²) in [6.07, 6.45) is 11.0. The van der Waals surface area contributed by atoms with Crippen molar-refractivity contribution in [2.45, 2.75) is 32.1 Å². The van der Waals surface area contributed by atoms with Gasteiger partial charge in [-0.05, 0) is 79.9 Å². The molecule has 1 heterocycles. The van der Waals surface area contributed by atoms with Crippen LogP contribution >= 0.6 is 0 Å². The van der Waals surface area contributed by atoms with E-state index < -0.39 is 0 Å². The maximum Gasteiger partial charge on any atom is 0.0951 e. The van der Waals surface area contributed by atoms with E-state index in [0.717, 1.165) is 34.9 Å². The summed E-state index contributed by atoms with van der Waals surface area (Å²) < 4.78 is 0. The second-order valence-corrected chi connectivity index (χ2v) is 6.79. The van der Waals surface area contributed by atoms with Crippen molar-refractivity contribution in [1.29, 1.82) is 5.26 Å². The molecule has 0 radical (unpaired) electrons. The van der Waals surface area contributed by atoms with E-state index in [1.807, 2.05) is 18.3 Å². The minimum atomic E-state index is 0.543. The Morgan fingerprint density at radius 1 is 1.16 bits per heavy atom. The highest BCUT2D eigenvalue weighted by molar-refractivity contribution is 5.55. The number of rotatable bonds is 2. The first-order valence-electron chi connectivity index (χ1n) is 7.58. The SMILES string of the molecule is N#C/C(=C\c1ccc[nH]1)C1C2CC3CC(C2)CC1C3. The van der Waals surface area contributed by atoms with Crippen LogP contribution < -0.4 is 0 Å². The highest BCUT2D eigenvalue weighted by atomic mass is 14.7. The summed E-state index contributed by atoms with van der Waals surface area (Å²) in [5.41, 5.74) is 2.10. The summed E-state index contributed by atoms with van der Waals surface area (Å²) in [4.78, 5) is 3.20. The van der Waals surface area contributed by atoms with E-state index in [1.165, 1.54) is 32.1 Å². The summed E-state index contributed by atoms with van der Waals surface area (Å²) in [5.74, 6) is 4.07. The van der Waals surface area contributed by atoms with Gasteiger partial charge in [-0.15, -0.1) is 0 Å². The molecule has 4 saturated carbocycles. The molecule has 0 spiro atoms. The van der Waals surface area contributed by atoms with Crippen molar-refractivity contribution in [2.75, 3.05) is 0 Å². The Balaban J connectivity index is 1.66. The first kappa shape index (κ1) is 11.3. The molecule has 2 heteroatoms. The number of H-pyrrole nitrogens is 1. The normalized spacial score (nSPS) is 40.4. The Bertz CT molecular complexity index is 504. The van der Waals surface area contributed by atoms with E-state index in [4.69, 9.17) is 0 Å². The predicted octanol–water partition coefficient (Wildman–Crippen LogP) is 3.99. The zero-order chi connectivity index (χ0) is 12.8. The van der Waals surface area contributed by atoms with Gasteiger partial charge in [-0.3, -0.25) is 0 Å². The van der Waals surface area contributed by atoms with Gasteiger partial charge in [0.2, 0.25) is 0 Å². The van der Waals surface area contributed by atoms with Crippen LogP contribution in [0.25, 0.3) is 6.08 Å². The van der Waals surface area contributed by atoms with Gasteiger partial charge in [0.25, 0.3) is 0 Å². The lowest BCUT2D eigenvalue weighted by atomic mass is 9.50. The standard InChI is InChI=1S/C17H20N2/c18-10-15(9-16-2-1-3-19-16)17-13-5-11-4-12(7-13)8-14(17)6-11/h1-3,9,11-14,17,19H,4-8H2/b15-9+. The minimum absolute atomic E-state index is 0.543. The number of aromatic nitrogens is 1. The summed E-state index contributed by atoms with van der Waals surface area (Å²) in [6.45, 7) is 0. The Morgan fingerprint density at radius 3 is 2.37 bits per heavy atom. The van der Waals surface area contributed by atoms with Crippen LogP contribution in [0.4, 0.5) is 0 Å². The number of nitriles is 1. The first-order valence-corrected chi connectivity index (χ1v) is 7.58. The van der Waals surface area contributed by atoms with Crippen molar-refractivity contribution < 1.29 is 0 Å². The number of nitrogens with one attached hydrogen (secondary N) is 1. The van der Waals surface area contributed by atoms with Gasteiger partial charge in [0, 0.05) is 17.5 Å². The second kappa shape index (κ2) is 4.27. The van der Waals surface area contributed by atoms with Crippen LogP contribution in [0.2, 0.25) is 0 Å². The summed E-state index contributed by atoms with van der Waals surface area (Å²) in [7, 11) is 0. The smallest absolute Gasteiger partial charge is 0.0951 e. The Kier molecular flexibility index (Phi) is 2.55. The topological polar surface area (TPSA) is 39.6 Å². The molecule has 4 fully saturated rings. The first-order chi connectivity index (χ1) is 9.33. The predicted molar refractivity (Wildman–Crippen MR) is 74.9 cm³/mol. The third-order valence-corrected chi connectivity index (χ3v) is 5.65. The summed E-state index contributed by atoms with van der Waals surface area (Å²) in [5, 5.41) is 9.58. The third kappa shape index (κ3) is 1.84. The van der Waals surface area contributed by atoms with Crippen LogP contribution in [-0.2, 0) is 0 Å². The summed E-state index contributed by atoms with van der Waals surface area (Å²) in [6, 6.07) is 6.56. The van der Waals surface area contributed by atoms with Crippen molar-refractivity contribution in [3.63, 3.8) is 0 Å². The van der Waals surface area contributed by atoms with Gasteiger partial charge in [0.15, 0.2) is 0 Å². The Morgan fingerprint density at radius 2 is 1.84 bits per heavy atom. The highest BCUT2D eigenvalue weighted by Crippen LogP contribution is 2.58. The van der Waals surface area contributed by atoms with Crippen molar-refractivity contribution in [3.8, 4) is 6.07 Å². The van der Waals surface area contributed by atoms with Crippen LogP contribution in [-0.4, -0.2) is 4.98 Å². The largest absolute Gasteiger partial charge is 0.362 e.